The van der Waals surface area contributed by atoms with E-state index in [0.717, 1.165) is 12.3 Å². The number of hydrogen-bond donors (Lipinski definition) is 2. The number of nitrogens with one attached hydrogen (secondary N) is 2. The summed E-state index contributed by atoms with van der Waals surface area (Å²) in [5, 5.41) is 5.77. The molecule has 0 spiro atoms. The van der Waals surface area contributed by atoms with Crippen LogP contribution in [0.4, 0.5) is 0 Å². The maximum Gasteiger partial charge on any atom is 0.233 e. The van der Waals surface area contributed by atoms with Crippen molar-refractivity contribution in [2.24, 2.45) is 0 Å². The third-order valence-electron chi connectivity index (χ3n) is 1.40. The van der Waals surface area contributed by atoms with Crippen molar-refractivity contribution in [3.05, 3.63) is 0 Å². The summed E-state index contributed by atoms with van der Waals surface area (Å²) in [6, 6.07) is 0. The van der Waals surface area contributed by atoms with E-state index >= 15 is 0 Å². The molecule has 0 aromatic heterocycles. The van der Waals surface area contributed by atoms with Crippen LogP contribution in [0.1, 0.15) is 0 Å². The first-order valence-corrected chi connectivity index (χ1v) is 5.66. The molecular formula is C8H18N2O2S. The van der Waals surface area contributed by atoms with Gasteiger partial charge >= 0.3 is 0 Å². The van der Waals surface area contributed by atoms with E-state index in [1.165, 1.54) is 0 Å². The Morgan fingerprint density at radius 2 is 2.23 bits per heavy atom. The lowest BCUT2D eigenvalue weighted by Crippen LogP contribution is -2.36. The van der Waals surface area contributed by atoms with Crippen molar-refractivity contribution in [1.82, 2.24) is 10.6 Å². The van der Waals surface area contributed by atoms with Gasteiger partial charge in [0.25, 0.3) is 0 Å². The molecule has 0 saturated heterocycles. The Balaban J connectivity index is 3.11. The van der Waals surface area contributed by atoms with Gasteiger partial charge in [0, 0.05) is 26.0 Å². The maximum absolute atomic E-state index is 11.1. The van der Waals surface area contributed by atoms with Crippen molar-refractivity contribution in [2.75, 3.05) is 45.4 Å². The molecule has 0 unspecified atom stereocenters. The summed E-state index contributed by atoms with van der Waals surface area (Å²) in [5.74, 6) is 1.01. The van der Waals surface area contributed by atoms with Crippen LogP contribution >= 0.6 is 11.8 Å². The van der Waals surface area contributed by atoms with Crippen LogP contribution in [0.5, 0.6) is 0 Å². The average molecular weight is 206 g/mol. The van der Waals surface area contributed by atoms with Gasteiger partial charge in [0.1, 0.15) is 0 Å². The molecule has 0 aromatic rings. The zero-order valence-electron chi connectivity index (χ0n) is 8.26. The Morgan fingerprint density at radius 3 is 2.85 bits per heavy atom. The minimum atomic E-state index is 0.0464. The first-order valence-electron chi connectivity index (χ1n) is 4.26. The number of carbonyl (C=O) groups excluding carboxylic acids is 1. The smallest absolute Gasteiger partial charge is 0.233 e. The van der Waals surface area contributed by atoms with E-state index in [9.17, 15) is 4.79 Å². The van der Waals surface area contributed by atoms with Crippen molar-refractivity contribution in [2.45, 2.75) is 0 Å². The molecule has 0 saturated carbocycles. The number of methoxy groups -OCH3 is 1. The van der Waals surface area contributed by atoms with Gasteiger partial charge in [0.15, 0.2) is 0 Å². The average Bonchev–Trinajstić information content (AvgIpc) is 2.13. The molecule has 0 atom stereocenters. The molecule has 0 radical (unpaired) electrons. The van der Waals surface area contributed by atoms with Crippen molar-refractivity contribution >= 4 is 17.7 Å². The number of carbonyl (C=O) groups is 1. The molecule has 0 aromatic carbocycles. The van der Waals surface area contributed by atoms with E-state index in [1.54, 1.807) is 18.9 Å². The first kappa shape index (κ1) is 12.7. The van der Waals surface area contributed by atoms with E-state index in [0.29, 0.717) is 19.7 Å². The summed E-state index contributed by atoms with van der Waals surface area (Å²) in [6.45, 7) is 2.47. The summed E-state index contributed by atoms with van der Waals surface area (Å²) in [6.07, 6.45) is 2.02. The fraction of sp³-hybridized carbons (Fsp3) is 0.875. The topological polar surface area (TPSA) is 50.4 Å². The molecule has 0 fully saturated rings. The second-order valence-corrected chi connectivity index (χ2v) is 3.50. The molecule has 78 valence electrons. The van der Waals surface area contributed by atoms with Gasteiger partial charge in [-0.3, -0.25) is 4.79 Å². The Labute approximate surface area is 83.8 Å². The largest absolute Gasteiger partial charge is 0.383 e. The minimum Gasteiger partial charge on any atom is -0.383 e. The first-order chi connectivity index (χ1) is 6.31. The van der Waals surface area contributed by atoms with Crippen molar-refractivity contribution < 1.29 is 9.53 Å². The third-order valence-corrected chi connectivity index (χ3v) is 2.01. The fourth-order valence-electron chi connectivity index (χ4n) is 0.731. The Hall–Kier alpha value is -0.260. The molecule has 0 heterocycles. The van der Waals surface area contributed by atoms with Crippen LogP contribution in [-0.4, -0.2) is 51.3 Å². The number of ether oxygens (including phenoxy) is 1. The summed E-state index contributed by atoms with van der Waals surface area (Å²) in [5.41, 5.74) is 0. The summed E-state index contributed by atoms with van der Waals surface area (Å²) < 4.78 is 4.82. The summed E-state index contributed by atoms with van der Waals surface area (Å²) in [4.78, 5) is 11.1. The standard InChI is InChI=1S/C8H18N2O2S/c1-12-5-3-9-7-8(11)10-4-6-13-2/h9H,3-7H2,1-2H3,(H,10,11). The van der Waals surface area contributed by atoms with Crippen molar-refractivity contribution in [3.8, 4) is 0 Å². The minimum absolute atomic E-state index is 0.0464. The van der Waals surface area contributed by atoms with Crippen LogP contribution in [0.3, 0.4) is 0 Å². The van der Waals surface area contributed by atoms with Gasteiger partial charge < -0.3 is 15.4 Å². The number of thioether (sulfide) groups is 1. The van der Waals surface area contributed by atoms with E-state index < -0.39 is 0 Å². The Kier molecular flexibility index (Phi) is 9.63. The zero-order valence-corrected chi connectivity index (χ0v) is 9.08. The number of amides is 1. The van der Waals surface area contributed by atoms with E-state index in [2.05, 4.69) is 10.6 Å². The highest BCUT2D eigenvalue weighted by Gasteiger charge is 1.97. The molecule has 0 aliphatic rings. The van der Waals surface area contributed by atoms with Crippen LogP contribution in [0.25, 0.3) is 0 Å². The van der Waals surface area contributed by atoms with Crippen LogP contribution in [0.15, 0.2) is 0 Å². The molecule has 0 aliphatic heterocycles. The number of hydrogen-bond acceptors (Lipinski definition) is 4. The molecule has 0 rings (SSSR count). The molecule has 1 amide bonds. The molecule has 2 N–H and O–H groups in total. The van der Waals surface area contributed by atoms with Gasteiger partial charge in [-0.05, 0) is 6.26 Å². The lowest BCUT2D eigenvalue weighted by Gasteiger charge is -2.05. The Bertz CT molecular complexity index is 133. The lowest BCUT2D eigenvalue weighted by molar-refractivity contribution is -0.120. The highest BCUT2D eigenvalue weighted by Crippen LogP contribution is 1.86. The Morgan fingerprint density at radius 1 is 1.46 bits per heavy atom. The van der Waals surface area contributed by atoms with E-state index in [-0.39, 0.29) is 5.91 Å². The predicted molar refractivity (Wildman–Crippen MR) is 56.1 cm³/mol. The molecule has 0 aliphatic carbocycles. The maximum atomic E-state index is 11.1. The summed E-state index contributed by atoms with van der Waals surface area (Å²) in [7, 11) is 1.64. The van der Waals surface area contributed by atoms with Crippen molar-refractivity contribution in [1.29, 1.82) is 0 Å². The zero-order chi connectivity index (χ0) is 9.94. The molecule has 5 heteroatoms. The fourth-order valence-corrected chi connectivity index (χ4v) is 1.04. The monoisotopic (exact) mass is 206 g/mol. The second-order valence-electron chi connectivity index (χ2n) is 2.51. The van der Waals surface area contributed by atoms with Crippen LogP contribution in [0.2, 0.25) is 0 Å². The number of rotatable bonds is 8. The second kappa shape index (κ2) is 9.83. The quantitative estimate of drug-likeness (QED) is 0.535. The predicted octanol–water partition coefficient (Wildman–Crippen LogP) is -0.298. The molecular weight excluding hydrogens is 188 g/mol. The van der Waals surface area contributed by atoms with Crippen LogP contribution < -0.4 is 10.6 Å². The van der Waals surface area contributed by atoms with Gasteiger partial charge in [-0.15, -0.1) is 0 Å². The van der Waals surface area contributed by atoms with Gasteiger partial charge in [-0.2, -0.15) is 11.8 Å². The molecule has 0 bridgehead atoms. The summed E-state index contributed by atoms with van der Waals surface area (Å²) >= 11 is 1.72. The molecule has 4 nitrogen and oxygen atoms in total. The van der Waals surface area contributed by atoms with Gasteiger partial charge in [0.05, 0.1) is 13.2 Å². The van der Waals surface area contributed by atoms with Crippen LogP contribution in [0, 0.1) is 0 Å². The van der Waals surface area contributed by atoms with E-state index in [4.69, 9.17) is 4.74 Å². The van der Waals surface area contributed by atoms with Crippen molar-refractivity contribution in [3.63, 3.8) is 0 Å². The molecule has 13 heavy (non-hydrogen) atoms. The lowest BCUT2D eigenvalue weighted by atomic mass is 10.5. The highest BCUT2D eigenvalue weighted by atomic mass is 32.2. The normalized spacial score (nSPS) is 10.0. The van der Waals surface area contributed by atoms with Crippen LogP contribution in [-0.2, 0) is 9.53 Å². The SMILES string of the molecule is COCCNCC(=O)NCCSC. The van der Waals surface area contributed by atoms with Gasteiger partial charge in [-0.1, -0.05) is 0 Å². The van der Waals surface area contributed by atoms with Gasteiger partial charge in [-0.25, -0.2) is 0 Å². The van der Waals surface area contributed by atoms with E-state index in [1.807, 2.05) is 6.26 Å². The third kappa shape index (κ3) is 9.66. The highest BCUT2D eigenvalue weighted by molar-refractivity contribution is 7.98. The van der Waals surface area contributed by atoms with Gasteiger partial charge in [0.2, 0.25) is 5.91 Å².